The average molecular weight is 295 g/mol. The number of carbonyl (C=O) groups excluding carboxylic acids is 1. The largest absolute Gasteiger partial charge is 0.409 e. The molecular weight excluding hydrogens is 266 g/mol. The summed E-state index contributed by atoms with van der Waals surface area (Å²) < 4.78 is 0. The zero-order valence-electron chi connectivity index (χ0n) is 13.3. The predicted octanol–water partition coefficient (Wildman–Crippen LogP) is 2.86. The number of likely N-dealkylation sites (tertiary alicyclic amines) is 1. The minimum atomic E-state index is -0.787. The molecule has 0 radical (unpaired) electrons. The molecule has 1 heterocycles. The van der Waals surface area contributed by atoms with Gasteiger partial charge in [-0.3, -0.25) is 4.79 Å². The Balaban J connectivity index is 2.33. The van der Waals surface area contributed by atoms with E-state index in [1.165, 1.54) is 6.42 Å². The highest BCUT2D eigenvalue weighted by Gasteiger charge is 2.47. The molecule has 0 unspecified atom stereocenters. The first-order valence-corrected chi connectivity index (χ1v) is 8.33. The van der Waals surface area contributed by atoms with Gasteiger partial charge in [0.2, 0.25) is 5.91 Å². The third-order valence-corrected chi connectivity index (χ3v) is 5.39. The zero-order chi connectivity index (χ0) is 15.5. The van der Waals surface area contributed by atoms with Crippen LogP contribution in [0.25, 0.3) is 0 Å². The first-order chi connectivity index (χ1) is 10.0. The predicted molar refractivity (Wildman–Crippen MR) is 83.2 cm³/mol. The normalized spacial score (nSPS) is 30.8. The molecule has 0 aromatic heterocycles. The fraction of sp³-hybridized carbons (Fsp3) is 0.875. The van der Waals surface area contributed by atoms with Crippen LogP contribution in [0.5, 0.6) is 0 Å². The molecule has 5 heteroatoms. The number of hydrogen-bond acceptors (Lipinski definition) is 3. The number of oxime groups is 1. The monoisotopic (exact) mass is 295 g/mol. The van der Waals surface area contributed by atoms with E-state index in [0.717, 1.165) is 38.5 Å². The second-order valence-corrected chi connectivity index (χ2v) is 6.82. The number of carbonyl (C=O) groups is 1. The van der Waals surface area contributed by atoms with Crippen molar-refractivity contribution < 1.29 is 10.0 Å². The van der Waals surface area contributed by atoms with E-state index in [9.17, 15) is 10.0 Å². The summed E-state index contributed by atoms with van der Waals surface area (Å²) in [6, 6.07) is 0.487. The molecular formula is C16H29N3O2. The van der Waals surface area contributed by atoms with Crippen molar-refractivity contribution in [2.24, 2.45) is 16.3 Å². The maximum absolute atomic E-state index is 13.3. The van der Waals surface area contributed by atoms with Crippen LogP contribution in [-0.2, 0) is 4.79 Å². The van der Waals surface area contributed by atoms with Gasteiger partial charge in [0.15, 0.2) is 5.84 Å². The van der Waals surface area contributed by atoms with Crippen LogP contribution in [-0.4, -0.2) is 33.9 Å². The average Bonchev–Trinajstić information content (AvgIpc) is 2.72. The summed E-state index contributed by atoms with van der Waals surface area (Å²) in [4.78, 5) is 15.3. The summed E-state index contributed by atoms with van der Waals surface area (Å²) in [5.41, 5.74) is 5.22. The molecule has 2 fully saturated rings. The molecule has 0 aromatic carbocycles. The zero-order valence-corrected chi connectivity index (χ0v) is 13.3. The van der Waals surface area contributed by atoms with Crippen molar-refractivity contribution in [2.75, 3.05) is 0 Å². The molecule has 2 rings (SSSR count). The first kappa shape index (κ1) is 16.1. The van der Waals surface area contributed by atoms with E-state index in [-0.39, 0.29) is 23.8 Å². The number of nitrogens with two attached hydrogens (primary N) is 1. The Morgan fingerprint density at radius 3 is 2.10 bits per heavy atom. The van der Waals surface area contributed by atoms with E-state index in [1.54, 1.807) is 0 Å². The number of rotatable bonds is 2. The van der Waals surface area contributed by atoms with Crippen molar-refractivity contribution in [1.29, 1.82) is 0 Å². The van der Waals surface area contributed by atoms with Crippen molar-refractivity contribution in [3.8, 4) is 0 Å². The topological polar surface area (TPSA) is 78.9 Å². The molecule has 1 aliphatic heterocycles. The van der Waals surface area contributed by atoms with Gasteiger partial charge in [-0.2, -0.15) is 0 Å². The number of piperidine rings is 1. The standard InChI is InChI=1S/C16H29N3O2/c1-12-8-7-9-13(2)19(12)15(20)16(14(17)18-21)10-5-3-4-6-11-16/h12-13,21H,3-11H2,1-2H3,(H2,17,18)/t12-,13+. The first-order valence-electron chi connectivity index (χ1n) is 8.33. The highest BCUT2D eigenvalue weighted by molar-refractivity contribution is 6.07. The van der Waals surface area contributed by atoms with Crippen molar-refractivity contribution in [3.05, 3.63) is 0 Å². The minimum absolute atomic E-state index is 0.0828. The third kappa shape index (κ3) is 3.01. The van der Waals surface area contributed by atoms with E-state index in [0.29, 0.717) is 12.8 Å². The molecule has 2 aliphatic rings. The molecule has 1 amide bonds. The van der Waals surface area contributed by atoms with Crippen molar-refractivity contribution in [3.63, 3.8) is 0 Å². The number of amides is 1. The maximum Gasteiger partial charge on any atom is 0.237 e. The van der Waals surface area contributed by atoms with Crippen LogP contribution in [0.4, 0.5) is 0 Å². The van der Waals surface area contributed by atoms with Gasteiger partial charge in [-0.25, -0.2) is 0 Å². The molecule has 5 nitrogen and oxygen atoms in total. The van der Waals surface area contributed by atoms with Gasteiger partial charge in [-0.1, -0.05) is 30.8 Å². The van der Waals surface area contributed by atoms with Gasteiger partial charge >= 0.3 is 0 Å². The molecule has 120 valence electrons. The van der Waals surface area contributed by atoms with Gasteiger partial charge in [0.25, 0.3) is 0 Å². The second kappa shape index (κ2) is 6.67. The van der Waals surface area contributed by atoms with Crippen LogP contribution < -0.4 is 5.73 Å². The highest BCUT2D eigenvalue weighted by atomic mass is 16.4. The van der Waals surface area contributed by atoms with Gasteiger partial charge in [0.05, 0.1) is 0 Å². The Bertz CT molecular complexity index is 390. The van der Waals surface area contributed by atoms with Crippen LogP contribution in [0.3, 0.4) is 0 Å². The third-order valence-electron chi connectivity index (χ3n) is 5.39. The molecule has 1 aliphatic carbocycles. The van der Waals surface area contributed by atoms with Gasteiger partial charge in [0, 0.05) is 12.1 Å². The van der Waals surface area contributed by atoms with Crippen LogP contribution >= 0.6 is 0 Å². The van der Waals surface area contributed by atoms with Gasteiger partial charge < -0.3 is 15.8 Å². The van der Waals surface area contributed by atoms with Gasteiger partial charge in [-0.05, 0) is 46.0 Å². The lowest BCUT2D eigenvalue weighted by Gasteiger charge is -2.44. The smallest absolute Gasteiger partial charge is 0.237 e. The van der Waals surface area contributed by atoms with E-state index in [1.807, 2.05) is 4.90 Å². The Hall–Kier alpha value is -1.26. The lowest BCUT2D eigenvalue weighted by molar-refractivity contribution is -0.145. The van der Waals surface area contributed by atoms with Crippen LogP contribution in [0.2, 0.25) is 0 Å². The summed E-state index contributed by atoms with van der Waals surface area (Å²) in [5.74, 6) is 0.193. The highest BCUT2D eigenvalue weighted by Crippen LogP contribution is 2.39. The summed E-state index contributed by atoms with van der Waals surface area (Å²) in [5, 5.41) is 12.5. The molecule has 0 spiro atoms. The van der Waals surface area contributed by atoms with E-state index >= 15 is 0 Å². The number of nitrogens with zero attached hydrogens (tertiary/aromatic N) is 2. The summed E-state index contributed by atoms with van der Waals surface area (Å²) in [6.45, 7) is 4.23. The van der Waals surface area contributed by atoms with Crippen molar-refractivity contribution >= 4 is 11.7 Å². The Labute approximate surface area is 127 Å². The van der Waals surface area contributed by atoms with E-state index < -0.39 is 5.41 Å². The van der Waals surface area contributed by atoms with Gasteiger partial charge in [0.1, 0.15) is 5.41 Å². The van der Waals surface area contributed by atoms with Crippen LogP contribution in [0.15, 0.2) is 5.16 Å². The number of amidine groups is 1. The molecule has 0 bridgehead atoms. The van der Waals surface area contributed by atoms with Crippen LogP contribution in [0.1, 0.15) is 71.6 Å². The van der Waals surface area contributed by atoms with Crippen molar-refractivity contribution in [1.82, 2.24) is 4.90 Å². The Morgan fingerprint density at radius 2 is 1.62 bits per heavy atom. The quantitative estimate of drug-likeness (QED) is 0.270. The maximum atomic E-state index is 13.3. The SMILES string of the molecule is C[C@@H]1CCC[C@H](C)N1C(=O)C1(C(N)=NO)CCCCCC1. The summed E-state index contributed by atoms with van der Waals surface area (Å²) in [7, 11) is 0. The minimum Gasteiger partial charge on any atom is -0.409 e. The second-order valence-electron chi connectivity index (χ2n) is 6.82. The molecule has 1 saturated heterocycles. The van der Waals surface area contributed by atoms with Gasteiger partial charge in [-0.15, -0.1) is 0 Å². The molecule has 1 saturated carbocycles. The molecule has 0 aromatic rings. The van der Waals surface area contributed by atoms with E-state index in [4.69, 9.17) is 5.73 Å². The molecule has 21 heavy (non-hydrogen) atoms. The Morgan fingerprint density at radius 1 is 1.10 bits per heavy atom. The molecule has 2 atom stereocenters. The lowest BCUT2D eigenvalue weighted by Crippen LogP contribution is -2.57. The summed E-state index contributed by atoms with van der Waals surface area (Å²) >= 11 is 0. The fourth-order valence-corrected chi connectivity index (χ4v) is 4.08. The molecule has 3 N–H and O–H groups in total. The van der Waals surface area contributed by atoms with Crippen molar-refractivity contribution in [2.45, 2.75) is 83.7 Å². The van der Waals surface area contributed by atoms with Crippen LogP contribution in [0, 0.1) is 5.41 Å². The fourth-order valence-electron chi connectivity index (χ4n) is 4.08. The summed E-state index contributed by atoms with van der Waals surface area (Å²) in [6.07, 6.45) is 8.86. The number of hydrogen-bond donors (Lipinski definition) is 2. The van der Waals surface area contributed by atoms with E-state index in [2.05, 4.69) is 19.0 Å². The lowest BCUT2D eigenvalue weighted by atomic mass is 9.76. The Kier molecular flexibility index (Phi) is 5.12.